The molecule has 1 aliphatic heterocycles. The number of likely N-dealkylation sites (N-methyl/N-ethyl adjacent to an activating group) is 1. The first kappa shape index (κ1) is 22.7. The maximum Gasteiger partial charge on any atom is 0.247 e. The van der Waals surface area contributed by atoms with Crippen molar-refractivity contribution in [3.63, 3.8) is 0 Å². The maximum atomic E-state index is 13.5. The van der Waals surface area contributed by atoms with Crippen LogP contribution < -0.4 is 4.74 Å². The standard InChI is InChI=1S/C23H32N2O4S/c1-16-8-6-7-9-20(16)19-10-11-23-21(12-19)29-22(14-24(4)5)17(2)13-25(18(3)15-26)30(23,27)28/h6-12,17-18,22,26H,13-15H2,1-5H3/t17-,18-,22+/m1/s1. The van der Waals surface area contributed by atoms with Gasteiger partial charge in [-0.2, -0.15) is 4.31 Å². The molecular weight excluding hydrogens is 400 g/mol. The first-order valence-corrected chi connectivity index (χ1v) is 11.7. The van der Waals surface area contributed by atoms with Gasteiger partial charge in [-0.25, -0.2) is 8.42 Å². The number of hydrogen-bond donors (Lipinski definition) is 1. The zero-order valence-electron chi connectivity index (χ0n) is 18.4. The average molecular weight is 433 g/mol. The Bertz CT molecular complexity index is 990. The monoisotopic (exact) mass is 432 g/mol. The molecule has 3 atom stereocenters. The lowest BCUT2D eigenvalue weighted by atomic mass is 10.00. The van der Waals surface area contributed by atoms with Crippen molar-refractivity contribution in [3.05, 3.63) is 48.0 Å². The molecule has 2 aromatic rings. The SMILES string of the molecule is Cc1ccccc1-c1ccc2c(c1)O[C@@H](CN(C)C)[C@H](C)CN([C@H](C)CO)S2(=O)=O. The van der Waals surface area contributed by atoms with Gasteiger partial charge in [-0.15, -0.1) is 0 Å². The number of sulfonamides is 1. The van der Waals surface area contributed by atoms with Crippen LogP contribution in [-0.2, 0) is 10.0 Å². The van der Waals surface area contributed by atoms with Gasteiger partial charge in [0.05, 0.1) is 6.61 Å². The summed E-state index contributed by atoms with van der Waals surface area (Å²) in [6, 6.07) is 12.8. The highest BCUT2D eigenvalue weighted by atomic mass is 32.2. The number of fused-ring (bicyclic) bond motifs is 1. The molecular formula is C23H32N2O4S. The number of nitrogens with zero attached hydrogens (tertiary/aromatic N) is 2. The number of aliphatic hydroxyl groups excluding tert-OH is 1. The lowest BCUT2D eigenvalue weighted by molar-refractivity contribution is 0.0813. The second-order valence-electron chi connectivity index (χ2n) is 8.48. The molecule has 1 N–H and O–H groups in total. The van der Waals surface area contributed by atoms with Crippen LogP contribution in [0.4, 0.5) is 0 Å². The van der Waals surface area contributed by atoms with E-state index in [1.807, 2.05) is 69.2 Å². The van der Waals surface area contributed by atoms with Gasteiger partial charge in [0.1, 0.15) is 16.7 Å². The minimum absolute atomic E-state index is 0.0496. The summed E-state index contributed by atoms with van der Waals surface area (Å²) >= 11 is 0. The topological polar surface area (TPSA) is 70.1 Å². The quantitative estimate of drug-likeness (QED) is 0.787. The predicted molar refractivity (Wildman–Crippen MR) is 119 cm³/mol. The number of benzene rings is 2. The molecule has 0 amide bonds. The smallest absolute Gasteiger partial charge is 0.247 e. The van der Waals surface area contributed by atoms with Crippen LogP contribution in [0.25, 0.3) is 11.1 Å². The highest BCUT2D eigenvalue weighted by molar-refractivity contribution is 7.89. The fourth-order valence-electron chi connectivity index (χ4n) is 3.87. The second-order valence-corrected chi connectivity index (χ2v) is 10.3. The minimum atomic E-state index is -3.81. The molecule has 6 nitrogen and oxygen atoms in total. The Morgan fingerprint density at radius 2 is 1.93 bits per heavy atom. The lowest BCUT2D eigenvalue weighted by Gasteiger charge is -2.37. The van der Waals surface area contributed by atoms with E-state index in [0.717, 1.165) is 16.7 Å². The molecule has 0 spiro atoms. The first-order valence-electron chi connectivity index (χ1n) is 10.3. The van der Waals surface area contributed by atoms with E-state index in [9.17, 15) is 13.5 Å². The third-order valence-corrected chi connectivity index (χ3v) is 7.69. The third-order valence-electron chi connectivity index (χ3n) is 5.67. The van der Waals surface area contributed by atoms with Crippen LogP contribution >= 0.6 is 0 Å². The number of ether oxygens (including phenoxy) is 1. The van der Waals surface area contributed by atoms with Crippen LogP contribution in [-0.4, -0.2) is 68.7 Å². The van der Waals surface area contributed by atoms with Crippen molar-refractivity contribution in [2.24, 2.45) is 5.92 Å². The van der Waals surface area contributed by atoms with E-state index in [1.54, 1.807) is 13.0 Å². The van der Waals surface area contributed by atoms with Crippen molar-refractivity contribution in [2.75, 3.05) is 33.8 Å². The summed E-state index contributed by atoms with van der Waals surface area (Å²) in [7, 11) is 0.140. The van der Waals surface area contributed by atoms with Gasteiger partial charge in [0.2, 0.25) is 10.0 Å². The molecule has 30 heavy (non-hydrogen) atoms. The summed E-state index contributed by atoms with van der Waals surface area (Å²) < 4.78 is 34.7. The van der Waals surface area contributed by atoms with E-state index in [1.165, 1.54) is 4.31 Å². The van der Waals surface area contributed by atoms with Crippen molar-refractivity contribution >= 4 is 10.0 Å². The Kier molecular flexibility index (Phi) is 6.87. The van der Waals surface area contributed by atoms with Crippen molar-refractivity contribution in [3.8, 4) is 16.9 Å². The van der Waals surface area contributed by atoms with Gasteiger partial charge < -0.3 is 14.7 Å². The van der Waals surface area contributed by atoms with Crippen molar-refractivity contribution in [2.45, 2.75) is 37.8 Å². The van der Waals surface area contributed by atoms with Gasteiger partial charge in [0.25, 0.3) is 0 Å². The minimum Gasteiger partial charge on any atom is -0.487 e. The predicted octanol–water partition coefficient (Wildman–Crippen LogP) is 2.99. The van der Waals surface area contributed by atoms with E-state index in [4.69, 9.17) is 4.74 Å². The Balaban J connectivity index is 2.17. The van der Waals surface area contributed by atoms with Crippen molar-refractivity contribution in [1.29, 1.82) is 0 Å². The van der Waals surface area contributed by atoms with Crippen LogP contribution in [0.3, 0.4) is 0 Å². The fourth-order valence-corrected chi connectivity index (χ4v) is 5.69. The Hall–Kier alpha value is -1.93. The Morgan fingerprint density at radius 3 is 2.57 bits per heavy atom. The van der Waals surface area contributed by atoms with E-state index < -0.39 is 16.1 Å². The van der Waals surface area contributed by atoms with Crippen LogP contribution in [0.5, 0.6) is 5.75 Å². The van der Waals surface area contributed by atoms with Gasteiger partial charge >= 0.3 is 0 Å². The largest absolute Gasteiger partial charge is 0.487 e. The molecule has 0 bridgehead atoms. The van der Waals surface area contributed by atoms with Gasteiger partial charge in [-0.05, 0) is 56.8 Å². The summed E-state index contributed by atoms with van der Waals surface area (Å²) in [6.07, 6.45) is -0.185. The Morgan fingerprint density at radius 1 is 1.23 bits per heavy atom. The lowest BCUT2D eigenvalue weighted by Crippen LogP contribution is -2.49. The molecule has 0 saturated heterocycles. The second kappa shape index (κ2) is 9.06. The zero-order chi connectivity index (χ0) is 22.1. The molecule has 0 unspecified atom stereocenters. The number of rotatable bonds is 5. The Labute approximate surface area is 180 Å². The van der Waals surface area contributed by atoms with E-state index in [2.05, 4.69) is 0 Å². The molecule has 0 saturated carbocycles. The summed E-state index contributed by atoms with van der Waals surface area (Å²) in [5.74, 6) is 0.315. The maximum absolute atomic E-state index is 13.5. The van der Waals surface area contributed by atoms with E-state index >= 15 is 0 Å². The van der Waals surface area contributed by atoms with E-state index in [0.29, 0.717) is 18.8 Å². The average Bonchev–Trinajstić information content (AvgIpc) is 2.69. The zero-order valence-corrected chi connectivity index (χ0v) is 19.2. The fraction of sp³-hybridized carbons (Fsp3) is 0.478. The number of hydrogen-bond acceptors (Lipinski definition) is 5. The van der Waals surface area contributed by atoms with Crippen molar-refractivity contribution in [1.82, 2.24) is 9.21 Å². The normalized spacial score (nSPS) is 22.6. The van der Waals surface area contributed by atoms with Gasteiger partial charge in [0.15, 0.2) is 0 Å². The molecule has 0 aliphatic carbocycles. The summed E-state index contributed by atoms with van der Waals surface area (Å²) in [5, 5.41) is 9.70. The summed E-state index contributed by atoms with van der Waals surface area (Å²) in [4.78, 5) is 2.19. The summed E-state index contributed by atoms with van der Waals surface area (Å²) in [5.41, 5.74) is 3.07. The van der Waals surface area contributed by atoms with Gasteiger partial charge in [-0.1, -0.05) is 37.3 Å². The van der Waals surface area contributed by atoms with Crippen LogP contribution in [0.15, 0.2) is 47.4 Å². The molecule has 3 rings (SSSR count). The molecule has 0 aromatic heterocycles. The van der Waals surface area contributed by atoms with Crippen LogP contribution in [0, 0.1) is 12.8 Å². The van der Waals surface area contributed by atoms with Crippen LogP contribution in [0.1, 0.15) is 19.4 Å². The molecule has 2 aromatic carbocycles. The highest BCUT2D eigenvalue weighted by Crippen LogP contribution is 2.37. The van der Waals surface area contributed by atoms with Crippen molar-refractivity contribution < 1.29 is 18.3 Å². The van der Waals surface area contributed by atoms with Crippen LogP contribution in [0.2, 0.25) is 0 Å². The summed E-state index contributed by atoms with van der Waals surface area (Å²) in [6.45, 7) is 6.48. The van der Waals surface area contributed by atoms with E-state index in [-0.39, 0.29) is 23.5 Å². The molecule has 0 radical (unpaired) electrons. The molecule has 164 valence electrons. The molecule has 7 heteroatoms. The third kappa shape index (κ3) is 4.54. The molecule has 0 fully saturated rings. The highest BCUT2D eigenvalue weighted by Gasteiger charge is 2.38. The number of aliphatic hydroxyl groups is 1. The molecule has 1 aliphatic rings. The van der Waals surface area contributed by atoms with Gasteiger partial charge in [-0.3, -0.25) is 0 Å². The number of aryl methyl sites for hydroxylation is 1. The van der Waals surface area contributed by atoms with Gasteiger partial charge in [0, 0.05) is 25.0 Å². The molecule has 1 heterocycles. The first-order chi connectivity index (χ1) is 14.1.